The number of aliphatic carboxylic acids is 1. The number of carboxylic acids is 1. The highest BCUT2D eigenvalue weighted by Gasteiger charge is 2.37. The topological polar surface area (TPSA) is 146 Å². The fourth-order valence-corrected chi connectivity index (χ4v) is 7.75. The Kier molecular flexibility index (Phi) is 10.9. The average molecular weight is 726 g/mol. The molecule has 0 amide bonds. The van der Waals surface area contributed by atoms with Crippen LogP contribution in [0.4, 0.5) is 24.7 Å². The third-order valence-electron chi connectivity index (χ3n) is 10.1. The summed E-state index contributed by atoms with van der Waals surface area (Å²) < 4.78 is 52.9. The molecule has 4 aromatic rings. The number of piperazine rings is 1. The lowest BCUT2D eigenvalue weighted by molar-refractivity contribution is -0.141. The van der Waals surface area contributed by atoms with Crippen molar-refractivity contribution >= 4 is 28.6 Å². The first-order valence-electron chi connectivity index (χ1n) is 17.7. The first kappa shape index (κ1) is 37.2. The number of H-pyrrole nitrogens is 1. The second kappa shape index (κ2) is 15.2. The van der Waals surface area contributed by atoms with Gasteiger partial charge in [-0.2, -0.15) is 13.2 Å². The molecule has 0 aromatic carbocycles. The minimum absolute atomic E-state index is 0.0671. The Hall–Kier alpha value is -4.57. The predicted octanol–water partition coefficient (Wildman–Crippen LogP) is 5.91. The zero-order chi connectivity index (χ0) is 37.2. The van der Waals surface area contributed by atoms with Crippen LogP contribution in [0.5, 0.6) is 5.88 Å². The van der Waals surface area contributed by atoms with Crippen molar-refractivity contribution in [1.82, 2.24) is 34.8 Å². The van der Waals surface area contributed by atoms with E-state index >= 15 is 0 Å². The van der Waals surface area contributed by atoms with E-state index in [4.69, 9.17) is 34.5 Å². The summed E-state index contributed by atoms with van der Waals surface area (Å²) in [5.74, 6) is 0.159. The van der Waals surface area contributed by atoms with E-state index in [-0.39, 0.29) is 42.0 Å². The van der Waals surface area contributed by atoms with Gasteiger partial charge in [0.15, 0.2) is 11.5 Å². The Morgan fingerprint density at radius 2 is 1.79 bits per heavy atom. The molecule has 0 spiro atoms. The third-order valence-corrected chi connectivity index (χ3v) is 10.1. The molecule has 16 heteroatoms. The highest BCUT2D eigenvalue weighted by molar-refractivity contribution is 5.91. The molecule has 1 saturated heterocycles. The summed E-state index contributed by atoms with van der Waals surface area (Å²) in [6.45, 7) is 9.08. The zero-order valence-electron chi connectivity index (χ0n) is 30.2. The zero-order valence-corrected chi connectivity index (χ0v) is 30.2. The molecule has 1 aliphatic carbocycles. The summed E-state index contributed by atoms with van der Waals surface area (Å²) in [5, 5.41) is 9.15. The van der Waals surface area contributed by atoms with Gasteiger partial charge in [-0.05, 0) is 45.7 Å². The molecule has 0 unspecified atom stereocenters. The number of hydrogen-bond donors (Lipinski definition) is 2. The van der Waals surface area contributed by atoms with Crippen molar-refractivity contribution in [2.45, 2.75) is 71.1 Å². The van der Waals surface area contributed by atoms with Crippen molar-refractivity contribution in [3.8, 4) is 28.7 Å². The maximum absolute atomic E-state index is 13.9. The van der Waals surface area contributed by atoms with Crippen molar-refractivity contribution < 1.29 is 32.5 Å². The van der Waals surface area contributed by atoms with Crippen LogP contribution in [-0.4, -0.2) is 112 Å². The fraction of sp³-hybridized carbons (Fsp3) is 0.556. The number of ether oxygens (including phenoxy) is 2. The normalized spacial score (nSPS) is 19.3. The minimum Gasteiger partial charge on any atom is -0.481 e. The van der Waals surface area contributed by atoms with Crippen molar-refractivity contribution in [3.05, 3.63) is 36.3 Å². The van der Waals surface area contributed by atoms with Gasteiger partial charge in [-0.3, -0.25) is 9.69 Å². The van der Waals surface area contributed by atoms with Crippen LogP contribution in [0.15, 0.2) is 30.6 Å². The Morgan fingerprint density at radius 3 is 2.40 bits per heavy atom. The molecular weight excluding hydrogens is 679 g/mol. The Labute approximate surface area is 300 Å². The minimum atomic E-state index is -4.69. The first-order valence-corrected chi connectivity index (χ1v) is 17.7. The summed E-state index contributed by atoms with van der Waals surface area (Å²) in [4.78, 5) is 43.6. The number of pyridine rings is 2. The van der Waals surface area contributed by atoms with Crippen LogP contribution in [0, 0.1) is 5.41 Å². The van der Waals surface area contributed by atoms with Gasteiger partial charge in [0.25, 0.3) is 0 Å². The van der Waals surface area contributed by atoms with Gasteiger partial charge < -0.3 is 29.4 Å². The second-order valence-corrected chi connectivity index (χ2v) is 14.1. The van der Waals surface area contributed by atoms with Crippen molar-refractivity contribution in [2.75, 3.05) is 63.4 Å². The number of carboxylic acid groups (broad SMARTS) is 1. The van der Waals surface area contributed by atoms with E-state index in [1.54, 1.807) is 32.5 Å². The number of alkyl halides is 3. The van der Waals surface area contributed by atoms with Crippen LogP contribution >= 0.6 is 0 Å². The molecule has 52 heavy (non-hydrogen) atoms. The molecule has 4 aromatic heterocycles. The van der Waals surface area contributed by atoms with E-state index in [1.165, 1.54) is 6.07 Å². The number of hydrogen-bond acceptors (Lipinski definition) is 11. The lowest BCUT2D eigenvalue weighted by atomic mass is 9.86. The number of fused-ring (bicyclic) bond motifs is 1. The highest BCUT2D eigenvalue weighted by Crippen LogP contribution is 2.41. The SMILES string of the molecule is CCOc1cc(-c2cc(N(C)CC3(COC)CCCC3)c3[nH]c(-c4cnc(N5C[C@@H](C)N(CCC(=O)O)[C@@H](C)C5)cn4)nc3n2)cc(C(F)(F)F)n1. The molecule has 1 saturated carbocycles. The quantitative estimate of drug-likeness (QED) is 0.169. The average Bonchev–Trinajstić information content (AvgIpc) is 3.74. The van der Waals surface area contributed by atoms with Gasteiger partial charge >= 0.3 is 12.1 Å². The largest absolute Gasteiger partial charge is 0.481 e. The molecule has 2 aliphatic rings. The number of aromatic amines is 1. The smallest absolute Gasteiger partial charge is 0.433 e. The monoisotopic (exact) mass is 725 g/mol. The molecule has 6 rings (SSSR count). The lowest BCUT2D eigenvalue weighted by Crippen LogP contribution is -2.57. The number of imidazole rings is 1. The van der Waals surface area contributed by atoms with E-state index < -0.39 is 17.8 Å². The molecule has 0 radical (unpaired) electrons. The van der Waals surface area contributed by atoms with Crippen LogP contribution in [0.2, 0.25) is 0 Å². The number of halogens is 3. The second-order valence-electron chi connectivity index (χ2n) is 14.1. The number of nitrogens with zero attached hydrogens (tertiary/aromatic N) is 8. The maximum atomic E-state index is 13.9. The highest BCUT2D eigenvalue weighted by atomic mass is 19.4. The molecule has 0 bridgehead atoms. The number of rotatable bonds is 13. The molecule has 1 aliphatic heterocycles. The van der Waals surface area contributed by atoms with E-state index in [0.29, 0.717) is 67.0 Å². The van der Waals surface area contributed by atoms with Crippen LogP contribution in [0.25, 0.3) is 33.9 Å². The van der Waals surface area contributed by atoms with Crippen molar-refractivity contribution in [3.63, 3.8) is 0 Å². The Morgan fingerprint density at radius 1 is 1.06 bits per heavy atom. The fourth-order valence-electron chi connectivity index (χ4n) is 7.75. The van der Waals surface area contributed by atoms with Crippen LogP contribution in [-0.2, 0) is 15.7 Å². The van der Waals surface area contributed by atoms with Gasteiger partial charge in [-0.1, -0.05) is 12.8 Å². The van der Waals surface area contributed by atoms with Crippen molar-refractivity contribution in [1.29, 1.82) is 0 Å². The molecule has 2 atom stereocenters. The Balaban J connectivity index is 1.36. The standard InChI is InChI=1S/C36H46F3N9O4/c1-6-52-30-14-24(13-28(43-30)36(37,38)39)25-15-27(46(4)20-35(21-51-5)10-7-8-11-35)32-34(42-25)45-33(44-32)26-16-41-29(17-40-26)47-18-22(2)48(23(3)19-47)12-9-31(49)50/h13-17,22-23H,6-12,18-21H2,1-5H3,(H,49,50)(H,42,44,45)/t22-,23+. The summed E-state index contributed by atoms with van der Waals surface area (Å²) in [7, 11) is 3.67. The number of nitrogens with one attached hydrogen (secondary N) is 1. The number of anilines is 2. The first-order chi connectivity index (χ1) is 24.8. The Bertz CT molecular complexity index is 1850. The summed E-state index contributed by atoms with van der Waals surface area (Å²) in [6, 6.07) is 4.47. The van der Waals surface area contributed by atoms with E-state index in [1.807, 2.05) is 7.05 Å². The van der Waals surface area contributed by atoms with Gasteiger partial charge in [-0.25, -0.2) is 24.9 Å². The molecule has 2 N–H and O–H groups in total. The van der Waals surface area contributed by atoms with Crippen molar-refractivity contribution in [2.24, 2.45) is 5.41 Å². The van der Waals surface area contributed by atoms with Gasteiger partial charge in [0, 0.05) is 69.5 Å². The molecule has 280 valence electrons. The van der Waals surface area contributed by atoms with Crippen LogP contribution < -0.4 is 14.5 Å². The van der Waals surface area contributed by atoms with Crippen LogP contribution in [0.1, 0.15) is 58.6 Å². The maximum Gasteiger partial charge on any atom is 0.433 e. The number of carbonyl (C=O) groups is 1. The summed E-state index contributed by atoms with van der Waals surface area (Å²) >= 11 is 0. The summed E-state index contributed by atoms with van der Waals surface area (Å²) in [6.07, 6.45) is 2.97. The number of methoxy groups -OCH3 is 1. The summed E-state index contributed by atoms with van der Waals surface area (Å²) in [5.41, 5.74) is 1.49. The number of aromatic nitrogens is 6. The molecule has 2 fully saturated rings. The van der Waals surface area contributed by atoms with Crippen LogP contribution in [0.3, 0.4) is 0 Å². The van der Waals surface area contributed by atoms with Gasteiger partial charge in [0.1, 0.15) is 22.7 Å². The van der Waals surface area contributed by atoms with E-state index in [0.717, 1.165) is 37.4 Å². The van der Waals surface area contributed by atoms with E-state index in [9.17, 15) is 18.0 Å². The van der Waals surface area contributed by atoms with Gasteiger partial charge in [0.2, 0.25) is 5.88 Å². The molecule has 5 heterocycles. The molecule has 13 nitrogen and oxygen atoms in total. The third kappa shape index (κ3) is 8.07. The predicted molar refractivity (Wildman–Crippen MR) is 190 cm³/mol. The van der Waals surface area contributed by atoms with E-state index in [2.05, 4.69) is 38.5 Å². The van der Waals surface area contributed by atoms with Gasteiger partial charge in [-0.15, -0.1) is 0 Å². The van der Waals surface area contributed by atoms with Gasteiger partial charge in [0.05, 0.1) is 43.4 Å². The lowest BCUT2D eigenvalue weighted by Gasteiger charge is -2.44. The molecular formula is C36H46F3N9O4.